The predicted molar refractivity (Wildman–Crippen MR) is 86.2 cm³/mol. The van der Waals surface area contributed by atoms with Crippen LogP contribution in [0, 0.1) is 11.8 Å². The average Bonchev–Trinajstić information content (AvgIpc) is 2.85. The molecular formula is C19H23NO2. The Kier molecular flexibility index (Phi) is 2.67. The van der Waals surface area contributed by atoms with Crippen LogP contribution in [0.2, 0.25) is 0 Å². The van der Waals surface area contributed by atoms with Gasteiger partial charge in [-0.05, 0) is 49.3 Å². The minimum atomic E-state index is 0.344. The van der Waals surface area contributed by atoms with Crippen molar-refractivity contribution in [2.75, 3.05) is 13.1 Å². The zero-order valence-corrected chi connectivity index (χ0v) is 13.1. The van der Waals surface area contributed by atoms with Crippen molar-refractivity contribution in [2.24, 2.45) is 11.8 Å². The second-order valence-electron chi connectivity index (χ2n) is 7.47. The molecule has 6 rings (SSSR count). The number of phenolic OH excluding ortho intramolecular Hbond substituents is 1. The van der Waals surface area contributed by atoms with E-state index >= 15 is 0 Å². The minimum Gasteiger partial charge on any atom is -0.508 e. The number of aromatic hydroxyl groups is 1. The van der Waals surface area contributed by atoms with Crippen molar-refractivity contribution in [1.29, 1.82) is 0 Å². The molecule has 3 nitrogen and oxygen atoms in total. The van der Waals surface area contributed by atoms with Crippen LogP contribution in [-0.2, 0) is 6.42 Å². The lowest BCUT2D eigenvalue weighted by Crippen LogP contribution is -2.56. The number of phenols is 1. The molecule has 0 radical (unpaired) electrons. The van der Waals surface area contributed by atoms with E-state index in [4.69, 9.17) is 4.42 Å². The molecule has 22 heavy (non-hydrogen) atoms. The molecule has 0 spiro atoms. The van der Waals surface area contributed by atoms with Crippen molar-refractivity contribution in [3.05, 3.63) is 29.5 Å². The van der Waals surface area contributed by atoms with E-state index in [2.05, 4.69) is 11.8 Å². The summed E-state index contributed by atoms with van der Waals surface area (Å²) >= 11 is 0. The summed E-state index contributed by atoms with van der Waals surface area (Å²) in [5.74, 6) is 3.80. The van der Waals surface area contributed by atoms with Crippen LogP contribution in [0.4, 0.5) is 0 Å². The highest BCUT2D eigenvalue weighted by Gasteiger charge is 2.49. The molecular weight excluding hydrogens is 274 g/mol. The van der Waals surface area contributed by atoms with Gasteiger partial charge in [0.05, 0.1) is 0 Å². The van der Waals surface area contributed by atoms with Gasteiger partial charge in [0.1, 0.15) is 17.1 Å². The third-order valence-electron chi connectivity index (χ3n) is 6.35. The summed E-state index contributed by atoms with van der Waals surface area (Å²) in [7, 11) is 0. The molecule has 1 aliphatic carbocycles. The Bertz CT molecular complexity index is 734. The zero-order valence-electron chi connectivity index (χ0n) is 13.1. The first-order chi connectivity index (χ1) is 10.7. The fourth-order valence-electron chi connectivity index (χ4n) is 5.52. The maximum atomic E-state index is 9.84. The Morgan fingerprint density at radius 1 is 1.32 bits per heavy atom. The average molecular weight is 297 g/mol. The quantitative estimate of drug-likeness (QED) is 0.867. The van der Waals surface area contributed by atoms with E-state index in [1.54, 1.807) is 6.07 Å². The zero-order chi connectivity index (χ0) is 14.8. The molecule has 3 heteroatoms. The Hall–Kier alpha value is -1.48. The largest absolute Gasteiger partial charge is 0.508 e. The first kappa shape index (κ1) is 13.0. The maximum absolute atomic E-state index is 9.84. The number of furan rings is 1. The molecule has 5 atom stereocenters. The molecule has 4 heterocycles. The Morgan fingerprint density at radius 2 is 2.23 bits per heavy atom. The van der Waals surface area contributed by atoms with Gasteiger partial charge < -0.3 is 9.52 Å². The van der Waals surface area contributed by atoms with E-state index in [0.29, 0.717) is 17.7 Å². The molecule has 1 aromatic carbocycles. The molecule has 2 saturated heterocycles. The summed E-state index contributed by atoms with van der Waals surface area (Å²) in [5, 5.41) is 11.0. The van der Waals surface area contributed by atoms with Crippen LogP contribution >= 0.6 is 0 Å². The number of benzene rings is 1. The topological polar surface area (TPSA) is 36.6 Å². The second-order valence-corrected chi connectivity index (χ2v) is 7.47. The van der Waals surface area contributed by atoms with Crippen LogP contribution in [0.3, 0.4) is 0 Å². The fraction of sp³-hybridized carbons (Fsp3) is 0.579. The van der Waals surface area contributed by atoms with E-state index in [0.717, 1.165) is 35.8 Å². The number of piperidine rings is 2. The Morgan fingerprint density at radius 3 is 3.09 bits per heavy atom. The van der Waals surface area contributed by atoms with E-state index < -0.39 is 0 Å². The molecule has 1 saturated carbocycles. The van der Waals surface area contributed by atoms with Crippen molar-refractivity contribution >= 4 is 11.0 Å². The van der Waals surface area contributed by atoms with Crippen LogP contribution in [-0.4, -0.2) is 29.1 Å². The summed E-state index contributed by atoms with van der Waals surface area (Å²) in [6, 6.07) is 6.22. The summed E-state index contributed by atoms with van der Waals surface area (Å²) < 4.78 is 6.32. The van der Waals surface area contributed by atoms with Crippen LogP contribution in [0.1, 0.15) is 43.4 Å². The maximum Gasteiger partial charge on any atom is 0.134 e. The highest BCUT2D eigenvalue weighted by molar-refractivity contribution is 5.84. The number of fused-ring (bicyclic) bond motifs is 4. The molecule has 3 unspecified atom stereocenters. The first-order valence-electron chi connectivity index (χ1n) is 8.73. The monoisotopic (exact) mass is 297 g/mol. The molecule has 3 fully saturated rings. The van der Waals surface area contributed by atoms with Crippen molar-refractivity contribution in [3.8, 4) is 5.75 Å². The van der Waals surface area contributed by atoms with E-state index in [1.165, 1.54) is 37.1 Å². The Labute approximate surface area is 130 Å². The lowest BCUT2D eigenvalue weighted by Gasteiger charge is -2.52. The van der Waals surface area contributed by atoms with Crippen molar-refractivity contribution < 1.29 is 9.52 Å². The molecule has 4 aliphatic rings. The van der Waals surface area contributed by atoms with Crippen molar-refractivity contribution in [1.82, 2.24) is 4.90 Å². The SMILES string of the molecule is CCC1C[C@H]2C[C@H]3c4oc5ccc(O)cc5c4CCN(C2)C13. The molecule has 1 N–H and O–H groups in total. The fourth-order valence-corrected chi connectivity index (χ4v) is 5.52. The van der Waals surface area contributed by atoms with Gasteiger partial charge in [0, 0.05) is 36.0 Å². The van der Waals surface area contributed by atoms with E-state index in [1.807, 2.05) is 12.1 Å². The van der Waals surface area contributed by atoms with E-state index in [9.17, 15) is 5.11 Å². The molecule has 3 aliphatic heterocycles. The predicted octanol–water partition coefficient (Wildman–Crippen LogP) is 3.90. The van der Waals surface area contributed by atoms with Crippen molar-refractivity contribution in [2.45, 2.75) is 44.6 Å². The van der Waals surface area contributed by atoms with Crippen molar-refractivity contribution in [3.63, 3.8) is 0 Å². The third kappa shape index (κ3) is 1.66. The van der Waals surface area contributed by atoms with Crippen LogP contribution < -0.4 is 0 Å². The van der Waals surface area contributed by atoms with Gasteiger partial charge in [-0.25, -0.2) is 0 Å². The standard InChI is InChI=1S/C19H23NO2/c1-2-12-7-11-8-16-18(12)20(10-11)6-5-14-15-9-13(21)3-4-17(15)22-19(14)16/h3-4,9,11-12,16,18,21H,2,5-8,10H2,1H3/t11-,12?,16+,18?/m0/s1. The van der Waals surface area contributed by atoms with Gasteiger partial charge in [-0.3, -0.25) is 4.90 Å². The molecule has 0 amide bonds. The molecule has 2 aromatic rings. The third-order valence-corrected chi connectivity index (χ3v) is 6.35. The normalized spacial score (nSPS) is 36.3. The summed E-state index contributed by atoms with van der Waals surface area (Å²) in [4.78, 5) is 2.74. The second kappa shape index (κ2) is 4.51. The van der Waals surface area contributed by atoms with Gasteiger partial charge in [-0.2, -0.15) is 0 Å². The van der Waals surface area contributed by atoms with Gasteiger partial charge in [0.2, 0.25) is 0 Å². The first-order valence-corrected chi connectivity index (χ1v) is 8.73. The minimum absolute atomic E-state index is 0.344. The molecule has 1 aromatic heterocycles. The Balaban J connectivity index is 1.69. The molecule has 116 valence electrons. The molecule has 4 bridgehead atoms. The van der Waals surface area contributed by atoms with Crippen LogP contribution in [0.15, 0.2) is 22.6 Å². The van der Waals surface area contributed by atoms with Gasteiger partial charge in [-0.1, -0.05) is 13.3 Å². The van der Waals surface area contributed by atoms with Gasteiger partial charge in [0.25, 0.3) is 0 Å². The van der Waals surface area contributed by atoms with Crippen LogP contribution in [0.5, 0.6) is 5.75 Å². The number of hydrogen-bond donors (Lipinski definition) is 1. The highest BCUT2D eigenvalue weighted by Crippen LogP contribution is 2.51. The van der Waals surface area contributed by atoms with Gasteiger partial charge in [-0.15, -0.1) is 0 Å². The van der Waals surface area contributed by atoms with Crippen LogP contribution in [0.25, 0.3) is 11.0 Å². The lowest BCUT2D eigenvalue weighted by atomic mass is 9.65. The number of nitrogens with zero attached hydrogens (tertiary/aromatic N) is 1. The summed E-state index contributed by atoms with van der Waals surface area (Å²) in [6.07, 6.45) is 5.04. The summed E-state index contributed by atoms with van der Waals surface area (Å²) in [5.41, 5.74) is 2.31. The number of hydrogen-bond acceptors (Lipinski definition) is 3. The van der Waals surface area contributed by atoms with Gasteiger partial charge >= 0.3 is 0 Å². The van der Waals surface area contributed by atoms with E-state index in [-0.39, 0.29) is 0 Å². The highest BCUT2D eigenvalue weighted by atomic mass is 16.3. The number of rotatable bonds is 1. The van der Waals surface area contributed by atoms with Gasteiger partial charge in [0.15, 0.2) is 0 Å². The smallest absolute Gasteiger partial charge is 0.134 e. The summed E-state index contributed by atoms with van der Waals surface area (Å²) in [6.45, 7) is 4.77. The lowest BCUT2D eigenvalue weighted by molar-refractivity contribution is -0.0169.